The molecule has 0 bridgehead atoms. The zero-order valence-electron chi connectivity index (χ0n) is 20.4. The minimum atomic E-state index is -0.465. The molecule has 2 amide bonds. The molecule has 1 N–H and O–H groups in total. The number of halogens is 1. The monoisotopic (exact) mass is 502 g/mol. The van der Waals surface area contributed by atoms with Crippen molar-refractivity contribution in [2.45, 2.75) is 0 Å². The summed E-state index contributed by atoms with van der Waals surface area (Å²) < 4.78 is 0. The molecule has 184 valence electrons. The minimum Gasteiger partial charge on any atom is -0.308 e. The first-order valence-corrected chi connectivity index (χ1v) is 11.5. The van der Waals surface area contributed by atoms with Crippen molar-refractivity contribution < 1.29 is 9.59 Å². The van der Waals surface area contributed by atoms with Gasteiger partial charge in [-0.15, -0.1) is 6.42 Å². The maximum Gasteiger partial charge on any atom is 0.258 e. The molecule has 36 heavy (non-hydrogen) atoms. The summed E-state index contributed by atoms with van der Waals surface area (Å²) >= 11 is 5.87. The van der Waals surface area contributed by atoms with Gasteiger partial charge in [0.1, 0.15) is 5.82 Å². The van der Waals surface area contributed by atoms with E-state index in [4.69, 9.17) is 18.0 Å². The first kappa shape index (κ1) is 26.4. The van der Waals surface area contributed by atoms with Crippen LogP contribution in [0.5, 0.6) is 0 Å². The van der Waals surface area contributed by atoms with E-state index in [2.05, 4.69) is 26.2 Å². The van der Waals surface area contributed by atoms with E-state index in [1.807, 2.05) is 38.3 Å². The quantitative estimate of drug-likeness (QED) is 0.195. The Kier molecular flexibility index (Phi) is 9.17. The number of hydrogen-bond donors (Lipinski definition) is 1. The molecule has 8 nitrogen and oxygen atoms in total. The van der Waals surface area contributed by atoms with Crippen LogP contribution in [-0.2, 0) is 4.79 Å². The summed E-state index contributed by atoms with van der Waals surface area (Å²) in [5.41, 5.74) is 2.55. The predicted octanol–water partition coefficient (Wildman–Crippen LogP) is 4.09. The highest BCUT2D eigenvalue weighted by Crippen LogP contribution is 2.29. The number of carbonyl (C=O) groups is 2. The Morgan fingerprint density at radius 3 is 2.47 bits per heavy atom. The summed E-state index contributed by atoms with van der Waals surface area (Å²) in [5, 5.41) is 9.46. The Bertz CT molecular complexity index is 1270. The van der Waals surface area contributed by atoms with Crippen LogP contribution in [0.15, 0.2) is 65.9 Å². The van der Waals surface area contributed by atoms with E-state index in [0.717, 1.165) is 18.7 Å². The second-order valence-electron chi connectivity index (χ2n) is 8.19. The molecular formula is C27H27ClN6O2. The van der Waals surface area contributed by atoms with Crippen LogP contribution in [0.25, 0.3) is 0 Å². The first-order valence-electron chi connectivity index (χ1n) is 11.1. The summed E-state index contributed by atoms with van der Waals surface area (Å²) in [7, 11) is 5.94. The summed E-state index contributed by atoms with van der Waals surface area (Å²) in [6.45, 7) is 1.69. The zero-order valence-corrected chi connectivity index (χ0v) is 21.1. The van der Waals surface area contributed by atoms with Gasteiger partial charge in [-0.05, 0) is 62.1 Å². The van der Waals surface area contributed by atoms with Crippen molar-refractivity contribution in [3.05, 3.63) is 82.5 Å². The van der Waals surface area contributed by atoms with Gasteiger partial charge in [-0.1, -0.05) is 29.7 Å². The number of pyridine rings is 1. The van der Waals surface area contributed by atoms with Crippen molar-refractivity contribution in [2.75, 3.05) is 44.4 Å². The number of hydrazone groups is 1. The maximum absolute atomic E-state index is 13.1. The average molecular weight is 503 g/mol. The van der Waals surface area contributed by atoms with Gasteiger partial charge in [0.05, 0.1) is 22.5 Å². The fourth-order valence-electron chi connectivity index (χ4n) is 3.20. The van der Waals surface area contributed by atoms with Crippen molar-refractivity contribution in [1.82, 2.24) is 14.9 Å². The highest BCUT2D eigenvalue weighted by Gasteiger charge is 2.19. The minimum absolute atomic E-state index is 0.224. The van der Waals surface area contributed by atoms with E-state index in [9.17, 15) is 9.59 Å². The van der Waals surface area contributed by atoms with E-state index in [1.165, 1.54) is 11.1 Å². The average Bonchev–Trinajstić information content (AvgIpc) is 2.88. The molecule has 3 aromatic rings. The molecule has 0 atom stereocenters. The van der Waals surface area contributed by atoms with Crippen LogP contribution in [0.2, 0.25) is 5.02 Å². The van der Waals surface area contributed by atoms with Crippen molar-refractivity contribution in [3.63, 3.8) is 0 Å². The van der Waals surface area contributed by atoms with Crippen LogP contribution in [0.1, 0.15) is 21.5 Å². The topological polar surface area (TPSA) is 81.1 Å². The molecule has 9 heteroatoms. The fraction of sp³-hybridized carbons (Fsp3) is 0.185. The Balaban J connectivity index is 1.85. The lowest BCUT2D eigenvalue weighted by atomic mass is 10.1. The number of rotatable bonds is 10. The number of terminal acetylenes is 1. The predicted molar refractivity (Wildman–Crippen MR) is 145 cm³/mol. The van der Waals surface area contributed by atoms with E-state index < -0.39 is 5.91 Å². The number of amides is 2. The van der Waals surface area contributed by atoms with Crippen LogP contribution >= 0.6 is 11.6 Å². The first-order chi connectivity index (χ1) is 17.3. The van der Waals surface area contributed by atoms with Crippen LogP contribution in [0.3, 0.4) is 0 Å². The van der Waals surface area contributed by atoms with Gasteiger partial charge in [0, 0.05) is 37.6 Å². The molecule has 0 fully saturated rings. The van der Waals surface area contributed by atoms with Crippen molar-refractivity contribution >= 4 is 47.3 Å². The molecule has 0 radical (unpaired) electrons. The van der Waals surface area contributed by atoms with Crippen molar-refractivity contribution in [3.8, 4) is 12.3 Å². The Morgan fingerprint density at radius 2 is 1.86 bits per heavy atom. The van der Waals surface area contributed by atoms with Gasteiger partial charge in [-0.2, -0.15) is 5.10 Å². The maximum atomic E-state index is 13.1. The number of nitrogens with zero attached hydrogens (tertiary/aromatic N) is 5. The molecule has 0 aliphatic heterocycles. The lowest BCUT2D eigenvalue weighted by molar-refractivity contribution is -0.106. The Hall–Kier alpha value is -4.19. The van der Waals surface area contributed by atoms with Gasteiger partial charge in [-0.3, -0.25) is 19.5 Å². The van der Waals surface area contributed by atoms with Crippen LogP contribution in [0, 0.1) is 12.3 Å². The number of benzene rings is 2. The number of anilines is 3. The molecular weight excluding hydrogens is 476 g/mol. The van der Waals surface area contributed by atoms with Gasteiger partial charge in [0.15, 0.2) is 0 Å². The van der Waals surface area contributed by atoms with Crippen molar-refractivity contribution in [1.29, 1.82) is 0 Å². The van der Waals surface area contributed by atoms with Gasteiger partial charge in [0.25, 0.3) is 5.91 Å². The van der Waals surface area contributed by atoms with Crippen LogP contribution in [-0.4, -0.2) is 67.7 Å². The molecule has 0 aliphatic carbocycles. The number of hydrogen-bond acceptors (Lipinski definition) is 6. The van der Waals surface area contributed by atoms with Gasteiger partial charge in [0.2, 0.25) is 6.41 Å². The third-order valence-electron chi connectivity index (χ3n) is 5.19. The highest BCUT2D eigenvalue weighted by atomic mass is 35.5. The highest BCUT2D eigenvalue weighted by molar-refractivity contribution is 6.30. The third kappa shape index (κ3) is 7.15. The molecule has 0 saturated carbocycles. The van der Waals surface area contributed by atoms with Gasteiger partial charge in [-0.25, -0.2) is 4.98 Å². The van der Waals surface area contributed by atoms with E-state index in [0.29, 0.717) is 34.2 Å². The lowest BCUT2D eigenvalue weighted by Gasteiger charge is -2.21. The summed E-state index contributed by atoms with van der Waals surface area (Å²) in [4.78, 5) is 32.8. The molecule has 3 rings (SSSR count). The van der Waals surface area contributed by atoms with Crippen LogP contribution in [0.4, 0.5) is 17.2 Å². The molecule has 2 aromatic carbocycles. The number of nitrogens with one attached hydrogen (secondary N) is 1. The van der Waals surface area contributed by atoms with E-state index >= 15 is 0 Å². The second-order valence-corrected chi connectivity index (χ2v) is 8.62. The zero-order chi connectivity index (χ0) is 26.1. The standard InChI is InChI=1S/C27H27ClN6O2/c1-5-20-8-12-25(24(16-20)27(36)31-26-13-9-22(28)18-29-26)34(19-35)23-10-6-21(7-11-23)17-30-33(4)15-14-32(2)3/h1,6-13,16-19H,14-15H2,2-4H3,(H,29,31,36). The molecule has 0 spiro atoms. The molecule has 1 aromatic heterocycles. The SMILES string of the molecule is C#Cc1ccc(N(C=O)c2ccc(C=NN(C)CCN(C)C)cc2)c(C(=O)Nc2ccc(Cl)cn2)c1. The summed E-state index contributed by atoms with van der Waals surface area (Å²) in [6, 6.07) is 15.3. The summed E-state index contributed by atoms with van der Waals surface area (Å²) in [6.07, 6.45) is 9.38. The normalized spacial score (nSPS) is 10.8. The lowest BCUT2D eigenvalue weighted by Crippen LogP contribution is -2.25. The smallest absolute Gasteiger partial charge is 0.258 e. The third-order valence-corrected chi connectivity index (χ3v) is 5.41. The van der Waals surface area contributed by atoms with E-state index in [-0.39, 0.29) is 5.56 Å². The second kappa shape index (κ2) is 12.5. The fourth-order valence-corrected chi connectivity index (χ4v) is 3.31. The molecule has 0 saturated heterocycles. The number of carbonyl (C=O) groups excluding carboxylic acids is 2. The Labute approximate surface area is 216 Å². The van der Waals surface area contributed by atoms with Crippen molar-refractivity contribution in [2.24, 2.45) is 5.10 Å². The van der Waals surface area contributed by atoms with Gasteiger partial charge < -0.3 is 10.2 Å². The molecule has 0 unspecified atom stereocenters. The largest absolute Gasteiger partial charge is 0.308 e. The summed E-state index contributed by atoms with van der Waals surface area (Å²) in [5.74, 6) is 2.38. The molecule has 1 heterocycles. The van der Waals surface area contributed by atoms with E-state index in [1.54, 1.807) is 48.7 Å². The number of likely N-dealkylation sites (N-methyl/N-ethyl adjacent to an activating group) is 2. The van der Waals surface area contributed by atoms with Gasteiger partial charge >= 0.3 is 0 Å². The van der Waals surface area contributed by atoms with Crippen LogP contribution < -0.4 is 10.2 Å². The molecule has 0 aliphatic rings. The Morgan fingerprint density at radius 1 is 1.11 bits per heavy atom. The number of aromatic nitrogens is 1.